The summed E-state index contributed by atoms with van der Waals surface area (Å²) in [7, 11) is 0. The van der Waals surface area contributed by atoms with Crippen molar-refractivity contribution in [1.29, 1.82) is 0 Å². The van der Waals surface area contributed by atoms with Gasteiger partial charge >= 0.3 is 0 Å². The van der Waals surface area contributed by atoms with E-state index in [0.29, 0.717) is 11.5 Å². The molecule has 0 spiro atoms. The Labute approximate surface area is 177 Å². The van der Waals surface area contributed by atoms with E-state index in [9.17, 15) is 40.9 Å². The van der Waals surface area contributed by atoms with Crippen molar-refractivity contribution in [3.05, 3.63) is 23.7 Å². The number of furan rings is 1. The van der Waals surface area contributed by atoms with Gasteiger partial charge in [0.05, 0.1) is 18.8 Å². The molecule has 1 saturated heterocycles. The Hall–Kier alpha value is -1.16. The van der Waals surface area contributed by atoms with Crippen molar-refractivity contribution in [2.24, 2.45) is 5.92 Å². The number of rotatable bonds is 8. The molecule has 0 amide bonds. The molecule has 1 aliphatic heterocycles. The van der Waals surface area contributed by atoms with Gasteiger partial charge in [0.1, 0.15) is 61.4 Å². The summed E-state index contributed by atoms with van der Waals surface area (Å²) in [4.78, 5) is 0. The van der Waals surface area contributed by atoms with Crippen LogP contribution in [0.1, 0.15) is 17.9 Å². The number of hydrogen-bond acceptors (Lipinski definition) is 12. The maximum Gasteiger partial charge on any atom is 0.187 e. The standard InChI is InChI=1S/C19H30O12/c20-4-8-3-11(14(23)16(25)13(8)22)28-6-9-1-2-10(30-9)7-29-19-18(27)17(26)15(24)12(5-21)31-19/h1-2,8,11-27H,3-7H2/t8?,11-,12?,13+,14?,15+,16+,17+,18?,19-/m1/s1. The Morgan fingerprint density at radius 2 is 1.35 bits per heavy atom. The first-order valence-electron chi connectivity index (χ1n) is 10.0. The van der Waals surface area contributed by atoms with Crippen molar-refractivity contribution in [2.75, 3.05) is 13.2 Å². The highest BCUT2D eigenvalue weighted by Gasteiger charge is 2.44. The predicted octanol–water partition coefficient (Wildman–Crippen LogP) is -3.42. The van der Waals surface area contributed by atoms with Gasteiger partial charge < -0.3 is 59.5 Å². The summed E-state index contributed by atoms with van der Waals surface area (Å²) in [5.74, 6) is 0.0895. The lowest BCUT2D eigenvalue weighted by Gasteiger charge is -2.39. The van der Waals surface area contributed by atoms with Gasteiger partial charge in [0, 0.05) is 12.5 Å². The van der Waals surface area contributed by atoms with Crippen LogP contribution in [0.3, 0.4) is 0 Å². The summed E-state index contributed by atoms with van der Waals surface area (Å²) < 4.78 is 21.8. The van der Waals surface area contributed by atoms with Crippen LogP contribution in [0.15, 0.2) is 16.5 Å². The third-order valence-corrected chi connectivity index (χ3v) is 5.73. The fraction of sp³-hybridized carbons (Fsp3) is 0.789. The minimum Gasteiger partial charge on any atom is -0.461 e. The van der Waals surface area contributed by atoms with E-state index in [2.05, 4.69) is 0 Å². The van der Waals surface area contributed by atoms with Gasteiger partial charge in [0.15, 0.2) is 6.29 Å². The number of aliphatic hydroxyl groups is 8. The van der Waals surface area contributed by atoms with Gasteiger partial charge in [-0.25, -0.2) is 0 Å². The van der Waals surface area contributed by atoms with Crippen molar-refractivity contribution in [1.82, 2.24) is 0 Å². The van der Waals surface area contributed by atoms with Gasteiger partial charge in [-0.15, -0.1) is 0 Å². The summed E-state index contributed by atoms with van der Waals surface area (Å²) in [5.41, 5.74) is 0. The molecule has 8 N–H and O–H groups in total. The zero-order chi connectivity index (χ0) is 22.7. The van der Waals surface area contributed by atoms with Crippen LogP contribution in [0.4, 0.5) is 0 Å². The van der Waals surface area contributed by atoms with Gasteiger partial charge in [-0.1, -0.05) is 0 Å². The lowest BCUT2D eigenvalue weighted by molar-refractivity contribution is -0.304. The van der Waals surface area contributed by atoms with Crippen LogP contribution in [0.5, 0.6) is 0 Å². The number of aliphatic hydroxyl groups excluding tert-OH is 8. The van der Waals surface area contributed by atoms with E-state index < -0.39 is 67.6 Å². The molecule has 0 bridgehead atoms. The second-order valence-corrected chi connectivity index (χ2v) is 7.88. The van der Waals surface area contributed by atoms with Crippen molar-refractivity contribution < 1.29 is 59.5 Å². The highest BCUT2D eigenvalue weighted by molar-refractivity contribution is 5.06. The second kappa shape index (κ2) is 10.6. The van der Waals surface area contributed by atoms with E-state index >= 15 is 0 Å². The van der Waals surface area contributed by atoms with Crippen LogP contribution in [-0.4, -0.2) is 109 Å². The molecule has 1 aromatic heterocycles. The predicted molar refractivity (Wildman–Crippen MR) is 99.1 cm³/mol. The molecule has 1 saturated carbocycles. The average Bonchev–Trinajstić information content (AvgIpc) is 3.23. The molecule has 2 fully saturated rings. The molecule has 4 unspecified atom stereocenters. The molecule has 178 valence electrons. The fourth-order valence-corrected chi connectivity index (χ4v) is 3.76. The molecular formula is C19H30O12. The molecule has 1 aromatic rings. The Morgan fingerprint density at radius 3 is 1.97 bits per heavy atom. The van der Waals surface area contributed by atoms with E-state index in [0.717, 1.165) is 0 Å². The summed E-state index contributed by atoms with van der Waals surface area (Å²) in [6, 6.07) is 3.17. The van der Waals surface area contributed by atoms with Crippen molar-refractivity contribution >= 4 is 0 Å². The molecule has 3 rings (SSSR count). The SMILES string of the molecule is OCC1C[C@@H](OCc2ccc(CO[C@@H]3OC(CO)[C@H](O)[C@H](O)C3O)o2)C(O)[C@@H](O)[C@H]1O. The first-order chi connectivity index (χ1) is 14.8. The van der Waals surface area contributed by atoms with E-state index in [4.69, 9.17) is 18.6 Å². The van der Waals surface area contributed by atoms with E-state index in [1.165, 1.54) is 0 Å². The van der Waals surface area contributed by atoms with E-state index in [1.54, 1.807) is 12.1 Å². The Morgan fingerprint density at radius 1 is 0.742 bits per heavy atom. The van der Waals surface area contributed by atoms with Crippen molar-refractivity contribution in [2.45, 2.75) is 74.8 Å². The maximum absolute atomic E-state index is 10.1. The third-order valence-electron chi connectivity index (χ3n) is 5.73. The molecule has 2 aliphatic rings. The van der Waals surface area contributed by atoms with Gasteiger partial charge in [0.2, 0.25) is 0 Å². The quantitative estimate of drug-likeness (QED) is 0.195. The molecule has 2 heterocycles. The topological polar surface area (TPSA) is 203 Å². The van der Waals surface area contributed by atoms with Crippen LogP contribution in [0.25, 0.3) is 0 Å². The normalized spacial score (nSPS) is 41.4. The van der Waals surface area contributed by atoms with E-state index in [1.807, 2.05) is 0 Å². The minimum absolute atomic E-state index is 0.0528. The largest absolute Gasteiger partial charge is 0.461 e. The van der Waals surface area contributed by atoms with Crippen molar-refractivity contribution in [3.63, 3.8) is 0 Å². The number of hydrogen-bond donors (Lipinski definition) is 8. The molecular weight excluding hydrogens is 420 g/mol. The van der Waals surface area contributed by atoms with Crippen LogP contribution < -0.4 is 0 Å². The number of ether oxygens (including phenoxy) is 3. The van der Waals surface area contributed by atoms with Crippen LogP contribution in [0.2, 0.25) is 0 Å². The van der Waals surface area contributed by atoms with Gasteiger partial charge in [-0.3, -0.25) is 0 Å². The Kier molecular flexibility index (Phi) is 8.40. The van der Waals surface area contributed by atoms with Crippen LogP contribution in [-0.2, 0) is 27.4 Å². The van der Waals surface area contributed by atoms with Gasteiger partial charge in [0.25, 0.3) is 0 Å². The average molecular weight is 450 g/mol. The molecule has 12 heteroatoms. The molecule has 10 atom stereocenters. The Balaban J connectivity index is 1.50. The van der Waals surface area contributed by atoms with Crippen molar-refractivity contribution in [3.8, 4) is 0 Å². The second-order valence-electron chi connectivity index (χ2n) is 7.88. The highest BCUT2D eigenvalue weighted by Crippen LogP contribution is 2.29. The van der Waals surface area contributed by atoms with Crippen LogP contribution in [0, 0.1) is 5.92 Å². The summed E-state index contributed by atoms with van der Waals surface area (Å²) in [6.45, 7) is -1.12. The minimum atomic E-state index is -1.55. The molecule has 0 aromatic carbocycles. The third kappa shape index (κ3) is 5.43. The molecule has 0 radical (unpaired) electrons. The fourth-order valence-electron chi connectivity index (χ4n) is 3.76. The monoisotopic (exact) mass is 450 g/mol. The molecule has 31 heavy (non-hydrogen) atoms. The maximum atomic E-state index is 10.1. The summed E-state index contributed by atoms with van der Waals surface area (Å²) in [5, 5.41) is 77.8. The van der Waals surface area contributed by atoms with Crippen LogP contribution >= 0.6 is 0 Å². The lowest BCUT2D eigenvalue weighted by Crippen LogP contribution is -2.59. The zero-order valence-corrected chi connectivity index (χ0v) is 16.7. The van der Waals surface area contributed by atoms with E-state index in [-0.39, 0.29) is 26.2 Å². The highest BCUT2D eigenvalue weighted by atomic mass is 16.7. The van der Waals surface area contributed by atoms with Gasteiger partial charge in [-0.05, 0) is 18.6 Å². The summed E-state index contributed by atoms with van der Waals surface area (Å²) >= 11 is 0. The molecule has 1 aliphatic carbocycles. The first kappa shape index (κ1) is 24.5. The smallest absolute Gasteiger partial charge is 0.187 e. The zero-order valence-electron chi connectivity index (χ0n) is 16.7. The Bertz CT molecular complexity index is 624. The lowest BCUT2D eigenvalue weighted by atomic mass is 9.81. The van der Waals surface area contributed by atoms with Gasteiger partial charge in [-0.2, -0.15) is 0 Å². The summed E-state index contributed by atoms with van der Waals surface area (Å²) in [6.07, 6.45) is -11.6. The first-order valence-corrected chi connectivity index (χ1v) is 10.0. The molecule has 12 nitrogen and oxygen atoms in total.